The highest BCUT2D eigenvalue weighted by atomic mass is 16.5. The van der Waals surface area contributed by atoms with Crippen LogP contribution in [0.5, 0.6) is 5.75 Å². The minimum Gasteiger partial charge on any atom is -0.497 e. The van der Waals surface area contributed by atoms with E-state index in [0.717, 1.165) is 5.69 Å². The third-order valence-corrected chi connectivity index (χ3v) is 3.81. The first-order chi connectivity index (χ1) is 13.5. The Morgan fingerprint density at radius 1 is 0.893 bits per heavy atom. The lowest BCUT2D eigenvalue weighted by Crippen LogP contribution is -2.12. The molecule has 0 atom stereocenters. The molecular weight excluding hydrogens is 356 g/mol. The average Bonchev–Trinajstić information content (AvgIpc) is 2.68. The van der Waals surface area contributed by atoms with Crippen LogP contribution in [0.1, 0.15) is 17.3 Å². The predicted octanol–water partition coefficient (Wildman–Crippen LogP) is 4.04. The quantitative estimate of drug-likeness (QED) is 0.604. The molecule has 0 radical (unpaired) electrons. The maximum absolute atomic E-state index is 12.5. The molecule has 3 aromatic rings. The summed E-state index contributed by atoms with van der Waals surface area (Å²) in [7, 11) is 1.57. The largest absolute Gasteiger partial charge is 0.497 e. The molecule has 0 fully saturated rings. The van der Waals surface area contributed by atoms with Gasteiger partial charge in [-0.15, -0.1) is 0 Å². The molecule has 0 spiro atoms. The number of rotatable bonds is 6. The number of benzene rings is 2. The topological polar surface area (TPSA) is 92.3 Å². The van der Waals surface area contributed by atoms with Crippen LogP contribution in [0.3, 0.4) is 0 Å². The number of hydrogen-bond acceptors (Lipinski definition) is 5. The second-order valence-electron chi connectivity index (χ2n) is 6.00. The lowest BCUT2D eigenvalue weighted by molar-refractivity contribution is -0.114. The Morgan fingerprint density at radius 2 is 1.61 bits per heavy atom. The number of nitrogens with one attached hydrogen (secondary N) is 3. The molecule has 7 heteroatoms. The molecule has 7 nitrogen and oxygen atoms in total. The van der Waals surface area contributed by atoms with E-state index in [4.69, 9.17) is 4.74 Å². The smallest absolute Gasteiger partial charge is 0.255 e. The Labute approximate surface area is 162 Å². The SMILES string of the molecule is COc1cccc(NC(=O)c2ccnc(Nc3cccc(NC(C)=O)c3)c2)c1. The molecule has 3 N–H and O–H groups in total. The van der Waals surface area contributed by atoms with E-state index in [1.807, 2.05) is 12.1 Å². The van der Waals surface area contributed by atoms with Crippen LogP contribution in [0.25, 0.3) is 0 Å². The third kappa shape index (κ3) is 5.07. The first-order valence-corrected chi connectivity index (χ1v) is 8.59. The number of anilines is 4. The Balaban J connectivity index is 1.73. The molecule has 0 saturated carbocycles. The highest BCUT2D eigenvalue weighted by Gasteiger charge is 2.09. The minimum atomic E-state index is -0.259. The molecule has 2 aromatic carbocycles. The van der Waals surface area contributed by atoms with Gasteiger partial charge < -0.3 is 20.7 Å². The van der Waals surface area contributed by atoms with Gasteiger partial charge in [-0.2, -0.15) is 0 Å². The molecule has 3 rings (SSSR count). The number of nitrogens with zero attached hydrogens (tertiary/aromatic N) is 1. The van der Waals surface area contributed by atoms with Crippen molar-refractivity contribution in [3.63, 3.8) is 0 Å². The van der Waals surface area contributed by atoms with Crippen LogP contribution in [0, 0.1) is 0 Å². The van der Waals surface area contributed by atoms with Crippen molar-refractivity contribution < 1.29 is 14.3 Å². The average molecular weight is 376 g/mol. The van der Waals surface area contributed by atoms with Crippen LogP contribution >= 0.6 is 0 Å². The lowest BCUT2D eigenvalue weighted by atomic mass is 10.2. The fourth-order valence-corrected chi connectivity index (χ4v) is 2.57. The maximum atomic E-state index is 12.5. The van der Waals surface area contributed by atoms with Crippen molar-refractivity contribution in [2.45, 2.75) is 6.92 Å². The van der Waals surface area contributed by atoms with Crippen LogP contribution in [0.4, 0.5) is 22.9 Å². The van der Waals surface area contributed by atoms with Gasteiger partial charge in [0.05, 0.1) is 7.11 Å². The Morgan fingerprint density at radius 3 is 2.36 bits per heavy atom. The second-order valence-corrected chi connectivity index (χ2v) is 6.00. The van der Waals surface area contributed by atoms with Crippen LogP contribution < -0.4 is 20.7 Å². The summed E-state index contributed by atoms with van der Waals surface area (Å²) in [6.45, 7) is 1.45. The lowest BCUT2D eigenvalue weighted by Gasteiger charge is -2.10. The number of pyridine rings is 1. The number of aromatic nitrogens is 1. The molecule has 0 aliphatic heterocycles. The maximum Gasteiger partial charge on any atom is 0.255 e. The Kier molecular flexibility index (Phi) is 5.86. The Bertz CT molecular complexity index is 1000. The monoisotopic (exact) mass is 376 g/mol. The van der Waals surface area contributed by atoms with Crippen LogP contribution in [-0.4, -0.2) is 23.9 Å². The summed E-state index contributed by atoms with van der Waals surface area (Å²) < 4.78 is 5.16. The van der Waals surface area contributed by atoms with Gasteiger partial charge in [-0.3, -0.25) is 9.59 Å². The van der Waals surface area contributed by atoms with E-state index in [9.17, 15) is 9.59 Å². The molecule has 1 aromatic heterocycles. The van der Waals surface area contributed by atoms with Crippen molar-refractivity contribution in [2.75, 3.05) is 23.1 Å². The van der Waals surface area contributed by atoms with Gasteiger partial charge in [0.2, 0.25) is 5.91 Å². The summed E-state index contributed by atoms with van der Waals surface area (Å²) >= 11 is 0. The zero-order valence-electron chi connectivity index (χ0n) is 15.5. The first-order valence-electron chi connectivity index (χ1n) is 8.59. The van der Waals surface area contributed by atoms with Gasteiger partial charge in [0.1, 0.15) is 11.6 Å². The molecule has 0 aliphatic carbocycles. The van der Waals surface area contributed by atoms with Crippen LogP contribution in [0.15, 0.2) is 66.9 Å². The number of ether oxygens (including phenoxy) is 1. The first kappa shape index (κ1) is 18.9. The zero-order chi connectivity index (χ0) is 19.9. The summed E-state index contributed by atoms with van der Waals surface area (Å²) in [6.07, 6.45) is 1.56. The Hall–Kier alpha value is -3.87. The second kappa shape index (κ2) is 8.68. The van der Waals surface area contributed by atoms with E-state index in [1.165, 1.54) is 6.92 Å². The van der Waals surface area contributed by atoms with E-state index in [2.05, 4.69) is 20.9 Å². The highest BCUT2D eigenvalue weighted by Crippen LogP contribution is 2.21. The van der Waals surface area contributed by atoms with E-state index in [0.29, 0.717) is 28.5 Å². The van der Waals surface area contributed by atoms with Crippen molar-refractivity contribution in [3.8, 4) is 5.75 Å². The summed E-state index contributed by atoms with van der Waals surface area (Å²) in [5, 5.41) is 8.69. The normalized spacial score (nSPS) is 10.1. The van der Waals surface area contributed by atoms with Gasteiger partial charge >= 0.3 is 0 Å². The van der Waals surface area contributed by atoms with Gasteiger partial charge in [-0.05, 0) is 42.5 Å². The van der Waals surface area contributed by atoms with E-state index in [-0.39, 0.29) is 11.8 Å². The predicted molar refractivity (Wildman–Crippen MR) is 109 cm³/mol. The molecule has 28 heavy (non-hydrogen) atoms. The van der Waals surface area contributed by atoms with Gasteiger partial charge in [0.15, 0.2) is 0 Å². The molecule has 0 saturated heterocycles. The molecule has 2 amide bonds. The number of hydrogen-bond donors (Lipinski definition) is 3. The van der Waals surface area contributed by atoms with Crippen LogP contribution in [-0.2, 0) is 4.79 Å². The van der Waals surface area contributed by atoms with E-state index < -0.39 is 0 Å². The molecule has 142 valence electrons. The van der Waals surface area contributed by atoms with Gasteiger partial charge in [-0.1, -0.05) is 12.1 Å². The van der Waals surface area contributed by atoms with Crippen LogP contribution in [0.2, 0.25) is 0 Å². The highest BCUT2D eigenvalue weighted by molar-refractivity contribution is 6.04. The van der Waals surface area contributed by atoms with Crippen molar-refractivity contribution in [1.82, 2.24) is 4.98 Å². The number of carbonyl (C=O) groups is 2. The summed E-state index contributed by atoms with van der Waals surface area (Å²) in [6, 6.07) is 17.7. The fourth-order valence-electron chi connectivity index (χ4n) is 2.57. The summed E-state index contributed by atoms with van der Waals surface area (Å²) in [5.74, 6) is 0.768. The van der Waals surface area contributed by atoms with Crippen molar-refractivity contribution >= 4 is 34.7 Å². The van der Waals surface area contributed by atoms with Crippen molar-refractivity contribution in [2.24, 2.45) is 0 Å². The molecule has 0 bridgehead atoms. The number of amides is 2. The zero-order valence-corrected chi connectivity index (χ0v) is 15.5. The fraction of sp³-hybridized carbons (Fsp3) is 0.0952. The summed E-state index contributed by atoms with van der Waals surface area (Å²) in [4.78, 5) is 28.0. The third-order valence-electron chi connectivity index (χ3n) is 3.81. The van der Waals surface area contributed by atoms with Gasteiger partial charge in [0, 0.05) is 41.8 Å². The molecular formula is C21H20N4O3. The molecule has 0 aliphatic rings. The number of methoxy groups -OCH3 is 1. The van der Waals surface area contributed by atoms with E-state index >= 15 is 0 Å². The van der Waals surface area contributed by atoms with Crippen molar-refractivity contribution in [1.29, 1.82) is 0 Å². The van der Waals surface area contributed by atoms with E-state index in [1.54, 1.807) is 61.8 Å². The molecule has 1 heterocycles. The van der Waals surface area contributed by atoms with Gasteiger partial charge in [0.25, 0.3) is 5.91 Å². The molecule has 0 unspecified atom stereocenters. The number of carbonyl (C=O) groups excluding carboxylic acids is 2. The minimum absolute atomic E-state index is 0.147. The summed E-state index contributed by atoms with van der Waals surface area (Å²) in [5.41, 5.74) is 2.51. The van der Waals surface area contributed by atoms with Gasteiger partial charge in [-0.25, -0.2) is 4.98 Å². The van der Waals surface area contributed by atoms with Crippen molar-refractivity contribution in [3.05, 3.63) is 72.4 Å². The standard InChI is InChI=1S/C21H20N4O3/c1-14(26)23-16-5-3-6-17(12-16)24-20-11-15(9-10-22-20)21(27)25-18-7-4-8-19(13-18)28-2/h3-13H,1-2H3,(H,22,24)(H,23,26)(H,25,27).